The molecule has 0 radical (unpaired) electrons. The number of benzene rings is 1. The summed E-state index contributed by atoms with van der Waals surface area (Å²) in [7, 11) is 0. The van der Waals surface area contributed by atoms with E-state index in [1.54, 1.807) is 13.8 Å². The molecule has 0 saturated carbocycles. The Kier molecular flexibility index (Phi) is 5.21. The van der Waals surface area contributed by atoms with Crippen LogP contribution in [0.4, 0.5) is 24.5 Å². The smallest absolute Gasteiger partial charge is 0.360 e. The van der Waals surface area contributed by atoms with Gasteiger partial charge in [-0.25, -0.2) is 0 Å². The van der Waals surface area contributed by atoms with Crippen molar-refractivity contribution in [3.63, 3.8) is 0 Å². The number of anilines is 1. The lowest BCUT2D eigenvalue weighted by molar-refractivity contribution is -0.384. The van der Waals surface area contributed by atoms with Crippen LogP contribution in [0.15, 0.2) is 18.2 Å². The number of halogens is 4. The van der Waals surface area contributed by atoms with Crippen LogP contribution in [0, 0.1) is 10.1 Å². The SMILES string of the molecule is CC(C)N(CC(F)(F)F)c1ccc([N+](=O)[O-])cc1CCl. The summed E-state index contributed by atoms with van der Waals surface area (Å²) in [4.78, 5) is 11.2. The summed E-state index contributed by atoms with van der Waals surface area (Å²) in [6.07, 6.45) is -4.37. The summed E-state index contributed by atoms with van der Waals surface area (Å²) in [5.41, 5.74) is 0.372. The lowest BCUT2D eigenvalue weighted by Crippen LogP contribution is -2.39. The Balaban J connectivity index is 3.23. The molecular weight excluding hydrogens is 297 g/mol. The zero-order valence-corrected chi connectivity index (χ0v) is 11.7. The Morgan fingerprint density at radius 3 is 2.40 bits per heavy atom. The molecule has 1 aromatic carbocycles. The molecule has 0 heterocycles. The summed E-state index contributed by atoms with van der Waals surface area (Å²) < 4.78 is 37.8. The Hall–Kier alpha value is -1.50. The van der Waals surface area contributed by atoms with E-state index in [4.69, 9.17) is 11.6 Å². The second-order valence-electron chi connectivity index (χ2n) is 4.54. The van der Waals surface area contributed by atoms with Gasteiger partial charge in [-0.3, -0.25) is 10.1 Å². The van der Waals surface area contributed by atoms with Crippen LogP contribution in [0.25, 0.3) is 0 Å². The third-order valence-corrected chi connectivity index (χ3v) is 2.99. The highest BCUT2D eigenvalue weighted by molar-refractivity contribution is 6.17. The van der Waals surface area contributed by atoms with Gasteiger partial charge in [-0.05, 0) is 25.5 Å². The monoisotopic (exact) mass is 310 g/mol. The van der Waals surface area contributed by atoms with Crippen molar-refractivity contribution in [3.8, 4) is 0 Å². The van der Waals surface area contributed by atoms with Crippen LogP contribution in [-0.4, -0.2) is 23.7 Å². The van der Waals surface area contributed by atoms with Gasteiger partial charge in [0.05, 0.1) is 4.92 Å². The number of hydrogen-bond donors (Lipinski definition) is 0. The maximum atomic E-state index is 12.6. The van der Waals surface area contributed by atoms with Crippen molar-refractivity contribution in [3.05, 3.63) is 33.9 Å². The standard InChI is InChI=1S/C12H14ClF3N2O2/c1-8(2)17(7-12(14,15)16)11-4-3-10(18(19)20)5-9(11)6-13/h3-5,8H,6-7H2,1-2H3. The largest absolute Gasteiger partial charge is 0.405 e. The molecule has 0 amide bonds. The number of nitrogens with zero attached hydrogens (tertiary/aromatic N) is 2. The van der Waals surface area contributed by atoms with Crippen molar-refractivity contribution in [2.75, 3.05) is 11.4 Å². The summed E-state index contributed by atoms with van der Waals surface area (Å²) in [6, 6.07) is 3.27. The molecule has 0 aliphatic heterocycles. The van der Waals surface area contributed by atoms with Gasteiger partial charge in [-0.15, -0.1) is 11.6 Å². The molecule has 0 fully saturated rings. The topological polar surface area (TPSA) is 46.4 Å². The quantitative estimate of drug-likeness (QED) is 0.467. The van der Waals surface area contributed by atoms with Crippen LogP contribution in [-0.2, 0) is 5.88 Å². The summed E-state index contributed by atoms with van der Waals surface area (Å²) >= 11 is 5.70. The molecule has 20 heavy (non-hydrogen) atoms. The fraction of sp³-hybridized carbons (Fsp3) is 0.500. The average molecular weight is 311 g/mol. The molecule has 0 bridgehead atoms. The number of rotatable bonds is 5. The maximum Gasteiger partial charge on any atom is 0.405 e. The van der Waals surface area contributed by atoms with Crippen molar-refractivity contribution in [2.45, 2.75) is 31.9 Å². The van der Waals surface area contributed by atoms with Crippen LogP contribution in [0.2, 0.25) is 0 Å². The first-order chi connectivity index (χ1) is 9.15. The van der Waals surface area contributed by atoms with E-state index < -0.39 is 23.7 Å². The van der Waals surface area contributed by atoms with Crippen molar-refractivity contribution >= 4 is 23.0 Å². The van der Waals surface area contributed by atoms with E-state index in [2.05, 4.69) is 0 Å². The third-order valence-electron chi connectivity index (χ3n) is 2.70. The molecule has 0 unspecified atom stereocenters. The van der Waals surface area contributed by atoms with Crippen LogP contribution >= 0.6 is 11.6 Å². The van der Waals surface area contributed by atoms with Gasteiger partial charge in [-0.1, -0.05) is 0 Å². The van der Waals surface area contributed by atoms with Crippen LogP contribution in [0.5, 0.6) is 0 Å². The zero-order valence-electron chi connectivity index (χ0n) is 10.9. The number of hydrogen-bond acceptors (Lipinski definition) is 3. The molecule has 112 valence electrons. The van der Waals surface area contributed by atoms with E-state index in [9.17, 15) is 23.3 Å². The lowest BCUT2D eigenvalue weighted by Gasteiger charge is -2.31. The predicted molar refractivity (Wildman–Crippen MR) is 71.2 cm³/mol. The van der Waals surface area contributed by atoms with Crippen molar-refractivity contribution < 1.29 is 18.1 Å². The summed E-state index contributed by atoms with van der Waals surface area (Å²) in [6.45, 7) is 2.10. The average Bonchev–Trinajstić information content (AvgIpc) is 2.33. The number of nitro groups is 1. The minimum atomic E-state index is -4.37. The van der Waals surface area contributed by atoms with Crippen LogP contribution in [0.1, 0.15) is 19.4 Å². The van der Waals surface area contributed by atoms with Gasteiger partial charge in [0.25, 0.3) is 5.69 Å². The lowest BCUT2D eigenvalue weighted by atomic mass is 10.1. The second kappa shape index (κ2) is 6.30. The zero-order chi connectivity index (χ0) is 15.5. The highest BCUT2D eigenvalue weighted by Crippen LogP contribution is 2.30. The van der Waals surface area contributed by atoms with Gasteiger partial charge < -0.3 is 4.90 Å². The number of alkyl halides is 4. The fourth-order valence-corrected chi connectivity index (χ4v) is 2.03. The minimum Gasteiger partial charge on any atom is -0.360 e. The van der Waals surface area contributed by atoms with Gasteiger partial charge >= 0.3 is 6.18 Å². The van der Waals surface area contributed by atoms with Gasteiger partial charge in [0.15, 0.2) is 0 Å². The highest BCUT2D eigenvalue weighted by Gasteiger charge is 2.33. The molecule has 0 aromatic heterocycles. The second-order valence-corrected chi connectivity index (χ2v) is 4.81. The molecule has 4 nitrogen and oxygen atoms in total. The van der Waals surface area contributed by atoms with Crippen molar-refractivity contribution in [2.24, 2.45) is 0 Å². The number of nitro benzene ring substituents is 1. The van der Waals surface area contributed by atoms with Crippen molar-refractivity contribution in [1.29, 1.82) is 0 Å². The Labute approximate surface area is 119 Å². The Morgan fingerprint density at radius 2 is 2.00 bits per heavy atom. The molecule has 0 N–H and O–H groups in total. The Morgan fingerprint density at radius 1 is 1.40 bits per heavy atom. The molecule has 0 aliphatic carbocycles. The van der Waals surface area contributed by atoms with E-state index in [0.29, 0.717) is 5.56 Å². The van der Waals surface area contributed by atoms with Crippen molar-refractivity contribution in [1.82, 2.24) is 0 Å². The van der Waals surface area contributed by atoms with Gasteiger partial charge in [0.1, 0.15) is 6.54 Å². The third kappa shape index (κ3) is 4.26. The van der Waals surface area contributed by atoms with Gasteiger partial charge in [0, 0.05) is 29.7 Å². The normalized spacial score (nSPS) is 11.8. The first-order valence-corrected chi connectivity index (χ1v) is 6.36. The maximum absolute atomic E-state index is 12.6. The minimum absolute atomic E-state index is 0.0991. The highest BCUT2D eigenvalue weighted by atomic mass is 35.5. The molecule has 0 aliphatic rings. The van der Waals surface area contributed by atoms with Gasteiger partial charge in [-0.2, -0.15) is 13.2 Å². The number of non-ortho nitro benzene ring substituents is 1. The molecule has 1 aromatic rings. The van der Waals surface area contributed by atoms with E-state index in [1.807, 2.05) is 0 Å². The van der Waals surface area contributed by atoms with E-state index in [-0.39, 0.29) is 17.3 Å². The molecule has 0 atom stereocenters. The summed E-state index contributed by atoms with van der Waals surface area (Å²) in [5, 5.41) is 10.7. The van der Waals surface area contributed by atoms with E-state index in [0.717, 1.165) is 4.90 Å². The molecule has 1 rings (SSSR count). The fourth-order valence-electron chi connectivity index (χ4n) is 1.81. The molecule has 0 spiro atoms. The first-order valence-electron chi connectivity index (χ1n) is 5.82. The molecular formula is C12H14ClF3N2O2. The van der Waals surface area contributed by atoms with Crippen LogP contribution in [0.3, 0.4) is 0 Å². The first kappa shape index (κ1) is 16.6. The van der Waals surface area contributed by atoms with Crippen LogP contribution < -0.4 is 4.90 Å². The summed E-state index contributed by atoms with van der Waals surface area (Å²) in [5.74, 6) is -0.0991. The van der Waals surface area contributed by atoms with E-state index in [1.165, 1.54) is 18.2 Å². The molecule has 0 saturated heterocycles. The predicted octanol–water partition coefficient (Wildman–Crippen LogP) is 4.11. The molecule has 8 heteroatoms. The Bertz CT molecular complexity index is 492. The van der Waals surface area contributed by atoms with Gasteiger partial charge in [0.2, 0.25) is 0 Å². The van der Waals surface area contributed by atoms with E-state index >= 15 is 0 Å².